The average molecular weight is 244 g/mol. The monoisotopic (exact) mass is 244 g/mol. The average Bonchev–Trinajstić information content (AvgIpc) is 2.43. The molecule has 0 saturated carbocycles. The molecule has 1 aromatic heterocycles. The first kappa shape index (κ1) is 13.0. The number of fused-ring (bicyclic) bond motifs is 1. The van der Waals surface area contributed by atoms with Crippen LogP contribution in [0.25, 0.3) is 10.8 Å². The fourth-order valence-corrected chi connectivity index (χ4v) is 1.99. The van der Waals surface area contributed by atoms with Crippen LogP contribution in [0.2, 0.25) is 0 Å². The van der Waals surface area contributed by atoms with Crippen molar-refractivity contribution in [2.24, 2.45) is 0 Å². The second-order valence-electron chi connectivity index (χ2n) is 4.25. The lowest BCUT2D eigenvalue weighted by molar-refractivity contribution is 0.144. The minimum Gasteiger partial charge on any atom is -0.382 e. The minimum absolute atomic E-state index is 0.799. The number of pyridine rings is 1. The Bertz CT molecular complexity index is 479. The number of benzene rings is 1. The van der Waals surface area contributed by atoms with E-state index in [9.17, 15) is 0 Å². The maximum atomic E-state index is 5.30. The second kappa shape index (κ2) is 7.09. The Labute approximate surface area is 108 Å². The van der Waals surface area contributed by atoms with E-state index >= 15 is 0 Å². The van der Waals surface area contributed by atoms with Gasteiger partial charge in [-0.3, -0.25) is 4.98 Å². The summed E-state index contributed by atoms with van der Waals surface area (Å²) >= 11 is 0. The molecule has 0 unspecified atom stereocenters. The van der Waals surface area contributed by atoms with Crippen LogP contribution in [0.1, 0.15) is 18.9 Å². The Balaban J connectivity index is 1.88. The van der Waals surface area contributed by atoms with Crippen molar-refractivity contribution in [2.45, 2.75) is 19.9 Å². The first-order valence-corrected chi connectivity index (χ1v) is 6.52. The van der Waals surface area contributed by atoms with Crippen molar-refractivity contribution in [2.75, 3.05) is 19.8 Å². The summed E-state index contributed by atoms with van der Waals surface area (Å²) in [5.41, 5.74) is 1.25. The second-order valence-corrected chi connectivity index (χ2v) is 4.25. The summed E-state index contributed by atoms with van der Waals surface area (Å²) in [7, 11) is 0. The standard InChI is InChI=1S/C15H20N2O/c1-2-18-9-5-8-16-11-14-12-17-10-13-6-3-4-7-15(13)14/h3-4,6-7,10,12,16H,2,5,8-9,11H2,1H3. The van der Waals surface area contributed by atoms with Crippen molar-refractivity contribution in [3.05, 3.63) is 42.2 Å². The highest BCUT2D eigenvalue weighted by Gasteiger charge is 2.00. The normalized spacial score (nSPS) is 10.9. The van der Waals surface area contributed by atoms with Crippen LogP contribution in [0.4, 0.5) is 0 Å². The van der Waals surface area contributed by atoms with Gasteiger partial charge in [0.1, 0.15) is 0 Å². The summed E-state index contributed by atoms with van der Waals surface area (Å²) in [6, 6.07) is 8.36. The predicted octanol–water partition coefficient (Wildman–Crippen LogP) is 2.75. The van der Waals surface area contributed by atoms with Gasteiger partial charge >= 0.3 is 0 Å². The van der Waals surface area contributed by atoms with Gasteiger partial charge in [0, 0.05) is 37.5 Å². The van der Waals surface area contributed by atoms with E-state index in [2.05, 4.69) is 28.5 Å². The van der Waals surface area contributed by atoms with Gasteiger partial charge in [-0.25, -0.2) is 0 Å². The Hall–Kier alpha value is -1.45. The molecule has 0 radical (unpaired) electrons. The lowest BCUT2D eigenvalue weighted by atomic mass is 10.1. The first-order valence-electron chi connectivity index (χ1n) is 6.52. The lowest BCUT2D eigenvalue weighted by Crippen LogP contribution is -2.16. The van der Waals surface area contributed by atoms with Crippen molar-refractivity contribution in [3.63, 3.8) is 0 Å². The van der Waals surface area contributed by atoms with Gasteiger partial charge in [0.15, 0.2) is 0 Å². The third kappa shape index (κ3) is 3.52. The molecule has 1 N–H and O–H groups in total. The Morgan fingerprint density at radius 3 is 3.00 bits per heavy atom. The van der Waals surface area contributed by atoms with Gasteiger partial charge in [0.05, 0.1) is 0 Å². The topological polar surface area (TPSA) is 34.1 Å². The molecule has 0 fully saturated rings. The van der Waals surface area contributed by atoms with Gasteiger partial charge in [-0.1, -0.05) is 24.3 Å². The fraction of sp³-hybridized carbons (Fsp3) is 0.400. The van der Waals surface area contributed by atoms with Crippen molar-refractivity contribution >= 4 is 10.8 Å². The SMILES string of the molecule is CCOCCCNCc1cncc2ccccc12. The van der Waals surface area contributed by atoms with Crippen molar-refractivity contribution in [1.82, 2.24) is 10.3 Å². The number of nitrogens with zero attached hydrogens (tertiary/aromatic N) is 1. The third-order valence-electron chi connectivity index (χ3n) is 2.91. The van der Waals surface area contributed by atoms with E-state index in [-0.39, 0.29) is 0 Å². The maximum Gasteiger partial charge on any atom is 0.0477 e. The highest BCUT2D eigenvalue weighted by molar-refractivity contribution is 5.84. The zero-order chi connectivity index (χ0) is 12.6. The molecule has 0 spiro atoms. The molecule has 0 aliphatic rings. The van der Waals surface area contributed by atoms with Gasteiger partial charge in [-0.2, -0.15) is 0 Å². The molecule has 0 aliphatic carbocycles. The van der Waals surface area contributed by atoms with Crippen LogP contribution in [0.15, 0.2) is 36.7 Å². The van der Waals surface area contributed by atoms with E-state index in [0.717, 1.165) is 32.7 Å². The van der Waals surface area contributed by atoms with Crippen molar-refractivity contribution in [1.29, 1.82) is 0 Å². The number of hydrogen-bond donors (Lipinski definition) is 1. The molecule has 1 heterocycles. The molecule has 0 aliphatic heterocycles. The Kier molecular flexibility index (Phi) is 5.12. The molecule has 0 atom stereocenters. The molecular formula is C15H20N2O. The summed E-state index contributed by atoms with van der Waals surface area (Å²) < 4.78 is 5.30. The maximum absolute atomic E-state index is 5.30. The molecule has 0 bridgehead atoms. The van der Waals surface area contributed by atoms with E-state index in [1.54, 1.807) is 0 Å². The smallest absolute Gasteiger partial charge is 0.0477 e. The van der Waals surface area contributed by atoms with Crippen LogP contribution in [-0.4, -0.2) is 24.7 Å². The molecule has 0 saturated heterocycles. The van der Waals surface area contributed by atoms with Gasteiger partial charge in [-0.15, -0.1) is 0 Å². The van der Waals surface area contributed by atoms with Gasteiger partial charge in [0.2, 0.25) is 0 Å². The van der Waals surface area contributed by atoms with E-state index in [4.69, 9.17) is 4.74 Å². The van der Waals surface area contributed by atoms with E-state index in [1.165, 1.54) is 16.3 Å². The lowest BCUT2D eigenvalue weighted by Gasteiger charge is -2.07. The van der Waals surface area contributed by atoms with Crippen LogP contribution in [0, 0.1) is 0 Å². The highest BCUT2D eigenvalue weighted by atomic mass is 16.5. The Morgan fingerprint density at radius 2 is 2.11 bits per heavy atom. The first-order chi connectivity index (χ1) is 8.92. The molecule has 3 nitrogen and oxygen atoms in total. The molecule has 18 heavy (non-hydrogen) atoms. The molecule has 0 amide bonds. The van der Waals surface area contributed by atoms with Gasteiger partial charge < -0.3 is 10.1 Å². The molecule has 3 heteroatoms. The predicted molar refractivity (Wildman–Crippen MR) is 74.6 cm³/mol. The molecule has 1 aromatic carbocycles. The van der Waals surface area contributed by atoms with Crippen LogP contribution in [-0.2, 0) is 11.3 Å². The number of rotatable bonds is 7. The van der Waals surface area contributed by atoms with Crippen molar-refractivity contribution < 1.29 is 4.74 Å². The molecule has 96 valence electrons. The summed E-state index contributed by atoms with van der Waals surface area (Å²) in [4.78, 5) is 4.28. The van der Waals surface area contributed by atoms with E-state index in [0.29, 0.717) is 0 Å². The summed E-state index contributed by atoms with van der Waals surface area (Å²) in [6.45, 7) is 5.49. The van der Waals surface area contributed by atoms with E-state index in [1.807, 2.05) is 25.4 Å². The van der Waals surface area contributed by atoms with Gasteiger partial charge in [-0.05, 0) is 30.8 Å². The summed E-state index contributed by atoms with van der Waals surface area (Å²) in [5.74, 6) is 0. The zero-order valence-electron chi connectivity index (χ0n) is 10.9. The quantitative estimate of drug-likeness (QED) is 0.760. The zero-order valence-corrected chi connectivity index (χ0v) is 10.9. The number of ether oxygens (including phenoxy) is 1. The van der Waals surface area contributed by atoms with Gasteiger partial charge in [0.25, 0.3) is 0 Å². The van der Waals surface area contributed by atoms with Crippen LogP contribution in [0.3, 0.4) is 0 Å². The number of nitrogens with one attached hydrogen (secondary N) is 1. The summed E-state index contributed by atoms with van der Waals surface area (Å²) in [5, 5.41) is 5.92. The van der Waals surface area contributed by atoms with Crippen LogP contribution >= 0.6 is 0 Å². The van der Waals surface area contributed by atoms with Crippen LogP contribution < -0.4 is 5.32 Å². The minimum atomic E-state index is 0.799. The summed E-state index contributed by atoms with van der Waals surface area (Å²) in [6.07, 6.45) is 4.90. The van der Waals surface area contributed by atoms with E-state index < -0.39 is 0 Å². The number of aromatic nitrogens is 1. The largest absolute Gasteiger partial charge is 0.382 e. The highest BCUT2D eigenvalue weighted by Crippen LogP contribution is 2.16. The molecular weight excluding hydrogens is 224 g/mol. The third-order valence-corrected chi connectivity index (χ3v) is 2.91. The van der Waals surface area contributed by atoms with Crippen LogP contribution in [0.5, 0.6) is 0 Å². The van der Waals surface area contributed by atoms with Crippen molar-refractivity contribution in [3.8, 4) is 0 Å². The fourth-order valence-electron chi connectivity index (χ4n) is 1.99. The molecule has 2 aromatic rings. The molecule has 2 rings (SSSR count). The Morgan fingerprint density at radius 1 is 1.22 bits per heavy atom. The number of hydrogen-bond acceptors (Lipinski definition) is 3.